The maximum atomic E-state index is 12.6. The number of nitrogens with zero attached hydrogens (tertiary/aromatic N) is 4. The van der Waals surface area contributed by atoms with E-state index in [0.29, 0.717) is 23.8 Å². The summed E-state index contributed by atoms with van der Waals surface area (Å²) in [4.78, 5) is 18.3. The number of benzene rings is 1. The van der Waals surface area contributed by atoms with Gasteiger partial charge in [0, 0.05) is 18.8 Å². The van der Waals surface area contributed by atoms with Crippen molar-refractivity contribution in [3.05, 3.63) is 64.6 Å². The topological polar surface area (TPSA) is 81.9 Å². The molecule has 0 fully saturated rings. The zero-order valence-electron chi connectivity index (χ0n) is 16.9. The van der Waals surface area contributed by atoms with E-state index in [1.165, 1.54) is 10.4 Å². The summed E-state index contributed by atoms with van der Waals surface area (Å²) in [6, 6.07) is 9.69. The lowest BCUT2D eigenvalue weighted by Crippen LogP contribution is -2.24. The molecule has 7 heteroatoms. The normalized spacial score (nSPS) is 10.9. The second kappa shape index (κ2) is 8.21. The second-order valence-electron chi connectivity index (χ2n) is 7.07. The highest BCUT2D eigenvalue weighted by Crippen LogP contribution is 2.15. The molecule has 2 heterocycles. The van der Waals surface area contributed by atoms with Crippen LogP contribution in [0.3, 0.4) is 0 Å². The van der Waals surface area contributed by atoms with Crippen LogP contribution in [0.5, 0.6) is 5.88 Å². The summed E-state index contributed by atoms with van der Waals surface area (Å²) in [5.41, 5.74) is 4.85. The fraction of sp³-hybridized carbons (Fsp3) is 0.333. The minimum atomic E-state index is -0.268. The molecule has 3 rings (SSSR count). The molecule has 0 saturated heterocycles. The Balaban J connectivity index is 1.69. The van der Waals surface area contributed by atoms with Gasteiger partial charge in [-0.15, -0.1) is 5.10 Å². The smallest absolute Gasteiger partial charge is 0.274 e. The van der Waals surface area contributed by atoms with Gasteiger partial charge in [0.1, 0.15) is 0 Å². The van der Waals surface area contributed by atoms with Gasteiger partial charge in [-0.05, 0) is 51.8 Å². The lowest BCUT2D eigenvalue weighted by molar-refractivity contribution is 0.0945. The van der Waals surface area contributed by atoms with Crippen LogP contribution in [0.4, 0.5) is 0 Å². The average Bonchev–Trinajstić information content (AvgIpc) is 3.02. The molecule has 1 amide bonds. The van der Waals surface area contributed by atoms with Crippen LogP contribution in [0.1, 0.15) is 46.7 Å². The van der Waals surface area contributed by atoms with Crippen LogP contribution in [0.15, 0.2) is 36.5 Å². The molecule has 0 unspecified atom stereocenters. The Bertz CT molecular complexity index is 977. The molecule has 0 radical (unpaired) electrons. The molecule has 7 nitrogen and oxygen atoms in total. The van der Waals surface area contributed by atoms with E-state index in [9.17, 15) is 4.79 Å². The first-order valence-corrected chi connectivity index (χ1v) is 9.25. The number of hydrogen-bond acceptors (Lipinski definition) is 5. The Kier molecular flexibility index (Phi) is 5.73. The van der Waals surface area contributed by atoms with E-state index in [0.717, 1.165) is 16.8 Å². The van der Waals surface area contributed by atoms with Crippen molar-refractivity contribution >= 4 is 5.91 Å². The van der Waals surface area contributed by atoms with Gasteiger partial charge in [-0.3, -0.25) is 4.79 Å². The van der Waals surface area contributed by atoms with Gasteiger partial charge in [-0.2, -0.15) is 9.90 Å². The quantitative estimate of drug-likeness (QED) is 0.711. The van der Waals surface area contributed by atoms with E-state index < -0.39 is 0 Å². The molecule has 0 bridgehead atoms. The lowest BCUT2D eigenvalue weighted by Gasteiger charge is -2.09. The van der Waals surface area contributed by atoms with Crippen LogP contribution in [0.2, 0.25) is 0 Å². The highest BCUT2D eigenvalue weighted by molar-refractivity contribution is 5.93. The maximum absolute atomic E-state index is 12.6. The van der Waals surface area contributed by atoms with Gasteiger partial charge >= 0.3 is 0 Å². The summed E-state index contributed by atoms with van der Waals surface area (Å²) in [7, 11) is 0. The van der Waals surface area contributed by atoms with Crippen molar-refractivity contribution in [3.8, 4) is 11.6 Å². The summed E-state index contributed by atoms with van der Waals surface area (Å²) >= 11 is 0. The molecule has 0 aliphatic rings. The van der Waals surface area contributed by atoms with Crippen molar-refractivity contribution in [2.75, 3.05) is 0 Å². The minimum absolute atomic E-state index is 0.0702. The molecule has 0 aliphatic carbocycles. The number of carbonyl (C=O) groups excluding carboxylic acids is 1. The molecule has 1 N–H and O–H groups in total. The molecule has 0 atom stereocenters. The number of hydrogen-bond donors (Lipinski definition) is 1. The summed E-state index contributed by atoms with van der Waals surface area (Å²) in [6.45, 7) is 10.1. The molecule has 1 aromatic carbocycles. The van der Waals surface area contributed by atoms with Crippen LogP contribution in [0.25, 0.3) is 5.69 Å². The van der Waals surface area contributed by atoms with E-state index >= 15 is 0 Å². The predicted molar refractivity (Wildman–Crippen MR) is 107 cm³/mol. The first kappa shape index (κ1) is 19.5. The molecule has 3 aromatic rings. The zero-order chi connectivity index (χ0) is 20.3. The zero-order valence-corrected chi connectivity index (χ0v) is 16.9. The Labute approximate surface area is 164 Å². The molecule has 0 saturated carbocycles. The van der Waals surface area contributed by atoms with Crippen molar-refractivity contribution < 1.29 is 9.53 Å². The van der Waals surface area contributed by atoms with Gasteiger partial charge in [0.2, 0.25) is 5.88 Å². The molecule has 0 spiro atoms. The third-order valence-corrected chi connectivity index (χ3v) is 4.17. The van der Waals surface area contributed by atoms with Gasteiger partial charge in [0.15, 0.2) is 5.69 Å². The maximum Gasteiger partial charge on any atom is 0.274 e. The summed E-state index contributed by atoms with van der Waals surface area (Å²) in [5.74, 6) is 0.299. The van der Waals surface area contributed by atoms with Gasteiger partial charge in [-0.25, -0.2) is 4.98 Å². The van der Waals surface area contributed by atoms with Crippen molar-refractivity contribution in [2.24, 2.45) is 0 Å². The van der Waals surface area contributed by atoms with Crippen LogP contribution in [-0.2, 0) is 6.54 Å². The van der Waals surface area contributed by atoms with Crippen LogP contribution < -0.4 is 10.1 Å². The van der Waals surface area contributed by atoms with E-state index in [2.05, 4.69) is 26.6 Å². The number of nitrogens with one attached hydrogen (secondary N) is 1. The summed E-state index contributed by atoms with van der Waals surface area (Å²) in [5, 5.41) is 11.7. The Morgan fingerprint density at radius 2 is 1.93 bits per heavy atom. The second-order valence-corrected chi connectivity index (χ2v) is 7.07. The number of rotatable bonds is 6. The van der Waals surface area contributed by atoms with Gasteiger partial charge < -0.3 is 10.1 Å². The highest BCUT2D eigenvalue weighted by Gasteiger charge is 2.17. The SMILES string of the molecule is Cc1ccc(-n2nc(C)c(C(=O)NCc3ccc(OC(C)C)nc3)n2)c(C)c1. The van der Waals surface area contributed by atoms with Crippen molar-refractivity contribution in [3.63, 3.8) is 0 Å². The standard InChI is InChI=1S/C21H25N5O2/c1-13(2)28-19-9-7-17(11-22-19)12-23-21(27)20-16(5)24-26(25-20)18-8-6-14(3)10-15(18)4/h6-11,13H,12H2,1-5H3,(H,23,27). The van der Waals surface area contributed by atoms with E-state index in [1.54, 1.807) is 19.2 Å². The number of aromatic nitrogens is 4. The summed E-state index contributed by atoms with van der Waals surface area (Å²) < 4.78 is 5.52. The van der Waals surface area contributed by atoms with E-state index in [4.69, 9.17) is 4.74 Å². The number of pyridine rings is 1. The Hall–Kier alpha value is -3.22. The molecule has 146 valence electrons. The number of ether oxygens (including phenoxy) is 1. The number of carbonyl (C=O) groups is 1. The highest BCUT2D eigenvalue weighted by atomic mass is 16.5. The first-order chi connectivity index (χ1) is 13.3. The molecule has 0 aliphatic heterocycles. The van der Waals surface area contributed by atoms with Gasteiger partial charge in [0.25, 0.3) is 5.91 Å². The monoisotopic (exact) mass is 379 g/mol. The van der Waals surface area contributed by atoms with Crippen LogP contribution in [0, 0.1) is 20.8 Å². The van der Waals surface area contributed by atoms with Crippen LogP contribution >= 0.6 is 0 Å². The fourth-order valence-corrected chi connectivity index (χ4v) is 2.82. The molecular weight excluding hydrogens is 354 g/mol. The van der Waals surface area contributed by atoms with Crippen molar-refractivity contribution in [2.45, 2.75) is 47.3 Å². The number of amides is 1. The minimum Gasteiger partial charge on any atom is -0.475 e. The van der Waals surface area contributed by atoms with E-state index in [1.807, 2.05) is 45.9 Å². The largest absolute Gasteiger partial charge is 0.475 e. The molecule has 2 aromatic heterocycles. The average molecular weight is 379 g/mol. The predicted octanol–water partition coefficient (Wildman–Crippen LogP) is 3.30. The molecule has 28 heavy (non-hydrogen) atoms. The summed E-state index contributed by atoms with van der Waals surface area (Å²) in [6.07, 6.45) is 1.76. The third kappa shape index (κ3) is 4.54. The Morgan fingerprint density at radius 3 is 2.57 bits per heavy atom. The van der Waals surface area contributed by atoms with E-state index in [-0.39, 0.29) is 12.0 Å². The van der Waals surface area contributed by atoms with Gasteiger partial charge in [0.05, 0.1) is 17.5 Å². The molecular formula is C21H25N5O2. The lowest BCUT2D eigenvalue weighted by atomic mass is 10.1. The number of aryl methyl sites for hydroxylation is 3. The Morgan fingerprint density at radius 1 is 1.14 bits per heavy atom. The van der Waals surface area contributed by atoms with Gasteiger partial charge in [-0.1, -0.05) is 23.8 Å². The first-order valence-electron chi connectivity index (χ1n) is 9.25. The van der Waals surface area contributed by atoms with Crippen LogP contribution in [-0.4, -0.2) is 32.0 Å². The van der Waals surface area contributed by atoms with Crippen molar-refractivity contribution in [1.29, 1.82) is 0 Å². The third-order valence-electron chi connectivity index (χ3n) is 4.17. The fourth-order valence-electron chi connectivity index (χ4n) is 2.82. The van der Waals surface area contributed by atoms with Crippen molar-refractivity contribution in [1.82, 2.24) is 25.3 Å².